The van der Waals surface area contributed by atoms with Gasteiger partial charge in [-0.25, -0.2) is 4.79 Å². The Balaban J connectivity index is 1.96. The van der Waals surface area contributed by atoms with E-state index in [0.29, 0.717) is 13.1 Å². The van der Waals surface area contributed by atoms with Gasteiger partial charge in [0.2, 0.25) is 0 Å². The average Bonchev–Trinajstić information content (AvgIpc) is 2.49. The van der Waals surface area contributed by atoms with Gasteiger partial charge in [0.1, 0.15) is 5.60 Å². The number of benzene rings is 1. The molecule has 134 valence electrons. The molecule has 1 aliphatic heterocycles. The Hall–Kier alpha value is -1.02. The van der Waals surface area contributed by atoms with Crippen LogP contribution >= 0.6 is 22.6 Å². The van der Waals surface area contributed by atoms with Gasteiger partial charge in [0.25, 0.3) is 0 Å². The summed E-state index contributed by atoms with van der Waals surface area (Å²) in [6.07, 6.45) is -0.215. The van der Waals surface area contributed by atoms with Crippen LogP contribution in [-0.4, -0.2) is 47.7 Å². The van der Waals surface area contributed by atoms with Crippen LogP contribution in [0.1, 0.15) is 37.5 Å². The standard InChI is InChI=1S/C18H28IN3O2/c1-12-14(10-15(20)13(2)16(12)19)11-21-6-8-22(9-7-21)17(23)24-18(3,4)5/h10H,6-9,11,20H2,1-5H3. The zero-order chi connectivity index (χ0) is 18.1. The zero-order valence-electron chi connectivity index (χ0n) is 15.3. The highest BCUT2D eigenvalue weighted by molar-refractivity contribution is 14.1. The lowest BCUT2D eigenvalue weighted by Crippen LogP contribution is -2.49. The van der Waals surface area contributed by atoms with Gasteiger partial charge in [0.05, 0.1) is 0 Å². The molecule has 0 saturated carbocycles. The topological polar surface area (TPSA) is 58.8 Å². The molecule has 0 aliphatic carbocycles. The van der Waals surface area contributed by atoms with Crippen molar-refractivity contribution in [3.05, 3.63) is 26.3 Å². The molecule has 1 aromatic rings. The lowest BCUT2D eigenvalue weighted by atomic mass is 10.0. The molecule has 0 aromatic heterocycles. The maximum Gasteiger partial charge on any atom is 0.410 e. The first-order chi connectivity index (χ1) is 11.1. The first-order valence-electron chi connectivity index (χ1n) is 8.33. The molecule has 0 radical (unpaired) electrons. The van der Waals surface area contributed by atoms with Crippen molar-refractivity contribution in [2.75, 3.05) is 31.9 Å². The highest BCUT2D eigenvalue weighted by Crippen LogP contribution is 2.26. The second kappa shape index (κ2) is 7.47. The van der Waals surface area contributed by atoms with Crippen LogP contribution in [0.25, 0.3) is 0 Å². The summed E-state index contributed by atoms with van der Waals surface area (Å²) in [6, 6.07) is 2.09. The number of piperazine rings is 1. The molecule has 1 fully saturated rings. The number of halogens is 1. The van der Waals surface area contributed by atoms with Crippen LogP contribution in [0.4, 0.5) is 10.5 Å². The van der Waals surface area contributed by atoms with Gasteiger partial charge in [-0.15, -0.1) is 0 Å². The van der Waals surface area contributed by atoms with Gasteiger partial charge in [0.15, 0.2) is 0 Å². The smallest absolute Gasteiger partial charge is 0.410 e. The number of nitrogens with two attached hydrogens (primary N) is 1. The van der Waals surface area contributed by atoms with Crippen molar-refractivity contribution in [3.8, 4) is 0 Å². The molecule has 1 aromatic carbocycles. The summed E-state index contributed by atoms with van der Waals surface area (Å²) in [5.74, 6) is 0. The van der Waals surface area contributed by atoms with Crippen molar-refractivity contribution in [3.63, 3.8) is 0 Å². The summed E-state index contributed by atoms with van der Waals surface area (Å²) in [5, 5.41) is 0. The maximum absolute atomic E-state index is 12.1. The molecule has 0 unspecified atom stereocenters. The molecule has 1 aliphatic rings. The summed E-state index contributed by atoms with van der Waals surface area (Å²) in [6.45, 7) is 13.9. The van der Waals surface area contributed by atoms with Crippen LogP contribution < -0.4 is 5.73 Å². The van der Waals surface area contributed by atoms with Crippen LogP contribution in [0.5, 0.6) is 0 Å². The van der Waals surface area contributed by atoms with Crippen molar-refractivity contribution >= 4 is 34.4 Å². The maximum atomic E-state index is 12.1. The minimum atomic E-state index is -0.443. The Morgan fingerprint density at radius 3 is 2.33 bits per heavy atom. The second-order valence-corrected chi connectivity index (χ2v) is 8.51. The Morgan fingerprint density at radius 2 is 1.79 bits per heavy atom. The van der Waals surface area contributed by atoms with Gasteiger partial charge in [0, 0.05) is 42.0 Å². The molecule has 0 spiro atoms. The molecule has 2 rings (SSSR count). The van der Waals surface area contributed by atoms with Crippen LogP contribution in [0.2, 0.25) is 0 Å². The summed E-state index contributed by atoms with van der Waals surface area (Å²) in [4.78, 5) is 16.3. The van der Waals surface area contributed by atoms with E-state index in [2.05, 4.69) is 47.4 Å². The molecular formula is C18H28IN3O2. The Kier molecular flexibility index (Phi) is 6.01. The molecule has 1 saturated heterocycles. The van der Waals surface area contributed by atoms with Crippen molar-refractivity contribution in [1.82, 2.24) is 9.80 Å². The SMILES string of the molecule is Cc1c(N)cc(CN2CCN(C(=O)OC(C)(C)C)CC2)c(C)c1I. The van der Waals surface area contributed by atoms with E-state index >= 15 is 0 Å². The Labute approximate surface area is 158 Å². The van der Waals surface area contributed by atoms with Gasteiger partial charge in [-0.2, -0.15) is 0 Å². The molecular weight excluding hydrogens is 417 g/mol. The van der Waals surface area contributed by atoms with Gasteiger partial charge in [-0.3, -0.25) is 4.90 Å². The average molecular weight is 445 g/mol. The fourth-order valence-corrected chi connectivity index (χ4v) is 3.43. The first kappa shape index (κ1) is 19.3. The summed E-state index contributed by atoms with van der Waals surface area (Å²) in [5.41, 5.74) is 10.3. The number of amides is 1. The molecule has 2 N–H and O–H groups in total. The van der Waals surface area contributed by atoms with E-state index in [0.717, 1.165) is 30.9 Å². The Morgan fingerprint density at radius 1 is 1.21 bits per heavy atom. The largest absolute Gasteiger partial charge is 0.444 e. The van der Waals surface area contributed by atoms with E-state index in [-0.39, 0.29) is 6.09 Å². The number of carbonyl (C=O) groups is 1. The summed E-state index contributed by atoms with van der Waals surface area (Å²) >= 11 is 2.37. The predicted molar refractivity (Wildman–Crippen MR) is 106 cm³/mol. The van der Waals surface area contributed by atoms with E-state index < -0.39 is 5.60 Å². The van der Waals surface area contributed by atoms with Crippen molar-refractivity contribution in [1.29, 1.82) is 0 Å². The lowest BCUT2D eigenvalue weighted by molar-refractivity contribution is 0.0139. The zero-order valence-corrected chi connectivity index (χ0v) is 17.4. The van der Waals surface area contributed by atoms with E-state index in [9.17, 15) is 4.79 Å². The number of nitrogens with zero attached hydrogens (tertiary/aromatic N) is 2. The minimum Gasteiger partial charge on any atom is -0.444 e. The highest BCUT2D eigenvalue weighted by Gasteiger charge is 2.26. The number of nitrogen functional groups attached to an aromatic ring is 1. The van der Waals surface area contributed by atoms with Crippen molar-refractivity contribution in [2.45, 2.75) is 46.8 Å². The van der Waals surface area contributed by atoms with Crippen LogP contribution in [-0.2, 0) is 11.3 Å². The number of hydrogen-bond acceptors (Lipinski definition) is 4. The molecule has 1 heterocycles. The summed E-state index contributed by atoms with van der Waals surface area (Å²) in [7, 11) is 0. The van der Waals surface area contributed by atoms with E-state index in [1.807, 2.05) is 20.8 Å². The monoisotopic (exact) mass is 445 g/mol. The van der Waals surface area contributed by atoms with Gasteiger partial charge < -0.3 is 15.4 Å². The highest BCUT2D eigenvalue weighted by atomic mass is 127. The number of ether oxygens (including phenoxy) is 1. The quantitative estimate of drug-likeness (QED) is 0.559. The molecule has 1 amide bonds. The fraction of sp³-hybridized carbons (Fsp3) is 0.611. The molecule has 5 nitrogen and oxygen atoms in total. The molecule has 0 atom stereocenters. The number of hydrogen-bond donors (Lipinski definition) is 1. The third-order valence-corrected chi connectivity index (χ3v) is 5.94. The minimum absolute atomic E-state index is 0.215. The second-order valence-electron chi connectivity index (χ2n) is 7.43. The third-order valence-electron chi connectivity index (χ3n) is 4.32. The number of rotatable bonds is 2. The summed E-state index contributed by atoms with van der Waals surface area (Å²) < 4.78 is 6.69. The van der Waals surface area contributed by atoms with E-state index in [1.165, 1.54) is 14.7 Å². The third kappa shape index (κ3) is 4.75. The lowest BCUT2D eigenvalue weighted by Gasteiger charge is -2.36. The van der Waals surface area contributed by atoms with E-state index in [1.54, 1.807) is 4.90 Å². The molecule has 6 heteroatoms. The van der Waals surface area contributed by atoms with Crippen LogP contribution in [0.3, 0.4) is 0 Å². The number of carbonyl (C=O) groups excluding carboxylic acids is 1. The normalized spacial score (nSPS) is 16.3. The Bertz CT molecular complexity index is 618. The van der Waals surface area contributed by atoms with Crippen molar-refractivity contribution in [2.24, 2.45) is 0 Å². The number of anilines is 1. The fourth-order valence-electron chi connectivity index (χ4n) is 2.77. The van der Waals surface area contributed by atoms with Gasteiger partial charge in [-0.05, 0) is 80.0 Å². The van der Waals surface area contributed by atoms with Crippen LogP contribution in [0.15, 0.2) is 6.07 Å². The predicted octanol–water partition coefficient (Wildman–Crippen LogP) is 3.54. The van der Waals surface area contributed by atoms with Gasteiger partial charge >= 0.3 is 6.09 Å². The van der Waals surface area contributed by atoms with Crippen LogP contribution in [0, 0.1) is 17.4 Å². The van der Waals surface area contributed by atoms with Crippen molar-refractivity contribution < 1.29 is 9.53 Å². The first-order valence-corrected chi connectivity index (χ1v) is 9.40. The molecule has 0 bridgehead atoms. The molecule has 24 heavy (non-hydrogen) atoms. The van der Waals surface area contributed by atoms with E-state index in [4.69, 9.17) is 10.5 Å². The van der Waals surface area contributed by atoms with Gasteiger partial charge in [-0.1, -0.05) is 0 Å².